The van der Waals surface area contributed by atoms with Gasteiger partial charge in [0.2, 0.25) is 11.9 Å². The van der Waals surface area contributed by atoms with Crippen LogP contribution in [0.1, 0.15) is 57.3 Å². The first-order valence-corrected chi connectivity index (χ1v) is 9.49. The van der Waals surface area contributed by atoms with Crippen LogP contribution in [0.5, 0.6) is 0 Å². The lowest BCUT2D eigenvalue weighted by Crippen LogP contribution is -2.51. The molecule has 0 radical (unpaired) electrons. The normalized spacial score (nSPS) is 19.6. The number of rotatable bonds is 4. The van der Waals surface area contributed by atoms with Crippen molar-refractivity contribution >= 4 is 11.9 Å². The van der Waals surface area contributed by atoms with E-state index in [2.05, 4.69) is 28.9 Å². The zero-order chi connectivity index (χ0) is 16.9. The Morgan fingerprint density at radius 2 is 1.62 bits per heavy atom. The van der Waals surface area contributed by atoms with E-state index in [9.17, 15) is 4.79 Å². The molecule has 0 spiro atoms. The van der Waals surface area contributed by atoms with Gasteiger partial charge >= 0.3 is 0 Å². The fraction of sp³-hybridized carbons (Fsp3) is 0.778. The van der Waals surface area contributed by atoms with E-state index in [1.165, 1.54) is 19.3 Å². The molecule has 1 aliphatic heterocycles. The molecular formula is C18H29N5O. The Bertz CT molecular complexity index is 563. The van der Waals surface area contributed by atoms with E-state index in [0.29, 0.717) is 11.9 Å². The molecule has 2 aliphatic rings. The first-order chi connectivity index (χ1) is 11.7. The van der Waals surface area contributed by atoms with E-state index in [4.69, 9.17) is 4.98 Å². The van der Waals surface area contributed by atoms with Crippen LogP contribution in [0.4, 0.5) is 5.95 Å². The minimum atomic E-state index is 0.263. The third kappa shape index (κ3) is 3.68. The highest BCUT2D eigenvalue weighted by Crippen LogP contribution is 2.26. The number of anilines is 1. The van der Waals surface area contributed by atoms with Gasteiger partial charge in [0.25, 0.3) is 0 Å². The van der Waals surface area contributed by atoms with E-state index < -0.39 is 0 Å². The number of aromatic nitrogens is 3. The number of amides is 1. The maximum Gasteiger partial charge on any atom is 0.245 e. The van der Waals surface area contributed by atoms with Crippen LogP contribution in [0, 0.1) is 5.92 Å². The predicted octanol–water partition coefficient (Wildman–Crippen LogP) is 2.23. The van der Waals surface area contributed by atoms with E-state index in [1.54, 1.807) is 0 Å². The summed E-state index contributed by atoms with van der Waals surface area (Å²) in [5.74, 6) is 1.34. The minimum Gasteiger partial charge on any atom is -0.339 e. The van der Waals surface area contributed by atoms with Crippen LogP contribution in [-0.4, -0.2) is 52.2 Å². The van der Waals surface area contributed by atoms with Gasteiger partial charge in [-0.3, -0.25) is 4.79 Å². The Morgan fingerprint density at radius 1 is 0.958 bits per heavy atom. The first kappa shape index (κ1) is 17.1. The Kier molecular flexibility index (Phi) is 5.63. The molecule has 0 atom stereocenters. The summed E-state index contributed by atoms with van der Waals surface area (Å²) in [6, 6.07) is 0. The van der Waals surface area contributed by atoms with Gasteiger partial charge in [0.05, 0.1) is 11.4 Å². The van der Waals surface area contributed by atoms with Crippen molar-refractivity contribution in [1.29, 1.82) is 0 Å². The monoisotopic (exact) mass is 331 g/mol. The average Bonchev–Trinajstić information content (AvgIpc) is 2.67. The quantitative estimate of drug-likeness (QED) is 0.846. The zero-order valence-corrected chi connectivity index (χ0v) is 15.0. The molecule has 24 heavy (non-hydrogen) atoms. The van der Waals surface area contributed by atoms with E-state index >= 15 is 0 Å². The molecule has 6 nitrogen and oxygen atoms in total. The lowest BCUT2D eigenvalue weighted by molar-refractivity contribution is -0.136. The van der Waals surface area contributed by atoms with E-state index in [-0.39, 0.29) is 5.92 Å². The molecule has 1 aliphatic carbocycles. The second kappa shape index (κ2) is 7.90. The second-order valence-electron chi connectivity index (χ2n) is 6.86. The lowest BCUT2D eigenvalue weighted by atomic mass is 9.88. The lowest BCUT2D eigenvalue weighted by Gasteiger charge is -2.37. The molecule has 1 amide bonds. The van der Waals surface area contributed by atoms with Crippen molar-refractivity contribution in [3.63, 3.8) is 0 Å². The Labute approximate surface area is 144 Å². The maximum atomic E-state index is 12.6. The summed E-state index contributed by atoms with van der Waals surface area (Å²) in [7, 11) is 0. The number of hydrogen-bond donors (Lipinski definition) is 0. The molecule has 2 heterocycles. The van der Waals surface area contributed by atoms with Crippen molar-refractivity contribution in [3.05, 3.63) is 11.4 Å². The van der Waals surface area contributed by atoms with Gasteiger partial charge in [-0.05, 0) is 25.7 Å². The molecule has 2 fully saturated rings. The van der Waals surface area contributed by atoms with E-state index in [1.807, 2.05) is 4.90 Å². The molecule has 0 aromatic carbocycles. The highest BCUT2D eigenvalue weighted by atomic mass is 16.2. The number of hydrogen-bond acceptors (Lipinski definition) is 5. The number of carbonyl (C=O) groups excluding carboxylic acids is 1. The molecule has 0 N–H and O–H groups in total. The molecule has 1 aromatic heterocycles. The van der Waals surface area contributed by atoms with Gasteiger partial charge < -0.3 is 9.80 Å². The van der Waals surface area contributed by atoms with Gasteiger partial charge in [0.1, 0.15) is 0 Å². The maximum absolute atomic E-state index is 12.6. The van der Waals surface area contributed by atoms with Crippen molar-refractivity contribution in [3.8, 4) is 0 Å². The van der Waals surface area contributed by atoms with Crippen LogP contribution in [0.2, 0.25) is 0 Å². The summed E-state index contributed by atoms with van der Waals surface area (Å²) in [5.41, 5.74) is 2.04. The smallest absolute Gasteiger partial charge is 0.245 e. The van der Waals surface area contributed by atoms with Crippen molar-refractivity contribution < 1.29 is 4.79 Å². The molecule has 3 rings (SSSR count). The van der Waals surface area contributed by atoms with Crippen LogP contribution in [0.25, 0.3) is 0 Å². The standard InChI is InChI=1S/C18H29N5O/c1-3-15-16(4-2)20-21-18(19-15)23-12-10-22(11-13-23)17(24)14-8-6-5-7-9-14/h14H,3-13H2,1-2H3. The molecule has 1 aromatic rings. The first-order valence-electron chi connectivity index (χ1n) is 9.49. The summed E-state index contributed by atoms with van der Waals surface area (Å²) < 4.78 is 0. The fourth-order valence-electron chi connectivity index (χ4n) is 3.80. The Hall–Kier alpha value is -1.72. The Balaban J connectivity index is 1.59. The summed E-state index contributed by atoms with van der Waals surface area (Å²) >= 11 is 0. The zero-order valence-electron chi connectivity index (χ0n) is 15.0. The third-order valence-electron chi connectivity index (χ3n) is 5.33. The van der Waals surface area contributed by atoms with Gasteiger partial charge in [-0.2, -0.15) is 5.10 Å². The van der Waals surface area contributed by atoms with Crippen LogP contribution in [0.3, 0.4) is 0 Å². The van der Waals surface area contributed by atoms with Crippen LogP contribution in [0.15, 0.2) is 0 Å². The van der Waals surface area contributed by atoms with Gasteiger partial charge in [0, 0.05) is 32.1 Å². The average molecular weight is 331 g/mol. The number of carbonyl (C=O) groups is 1. The summed E-state index contributed by atoms with van der Waals surface area (Å²) in [4.78, 5) is 21.5. The van der Waals surface area contributed by atoms with Crippen LogP contribution >= 0.6 is 0 Å². The van der Waals surface area contributed by atoms with Gasteiger partial charge in [0.15, 0.2) is 0 Å². The molecule has 1 saturated heterocycles. The van der Waals surface area contributed by atoms with Crippen molar-refractivity contribution in [1.82, 2.24) is 20.1 Å². The van der Waals surface area contributed by atoms with Crippen LogP contribution in [-0.2, 0) is 17.6 Å². The van der Waals surface area contributed by atoms with Crippen molar-refractivity contribution in [2.24, 2.45) is 5.92 Å². The highest BCUT2D eigenvalue weighted by molar-refractivity contribution is 5.79. The largest absolute Gasteiger partial charge is 0.339 e. The molecule has 6 heteroatoms. The number of aryl methyl sites for hydroxylation is 2. The highest BCUT2D eigenvalue weighted by Gasteiger charge is 2.29. The third-order valence-corrected chi connectivity index (χ3v) is 5.33. The SMILES string of the molecule is CCc1nnc(N2CCN(C(=O)C3CCCCC3)CC2)nc1CC. The predicted molar refractivity (Wildman–Crippen MR) is 94.0 cm³/mol. The molecular weight excluding hydrogens is 302 g/mol. The molecule has 132 valence electrons. The second-order valence-corrected chi connectivity index (χ2v) is 6.86. The summed E-state index contributed by atoms with van der Waals surface area (Å²) in [5, 5.41) is 8.64. The molecule has 0 unspecified atom stereocenters. The van der Waals surface area contributed by atoms with Gasteiger partial charge in [-0.15, -0.1) is 5.10 Å². The van der Waals surface area contributed by atoms with Crippen molar-refractivity contribution in [2.45, 2.75) is 58.8 Å². The van der Waals surface area contributed by atoms with Gasteiger partial charge in [-0.1, -0.05) is 33.1 Å². The summed E-state index contributed by atoms with van der Waals surface area (Å²) in [6.45, 7) is 7.34. The summed E-state index contributed by atoms with van der Waals surface area (Å²) in [6.07, 6.45) is 7.60. The van der Waals surface area contributed by atoms with Crippen molar-refractivity contribution in [2.75, 3.05) is 31.1 Å². The Morgan fingerprint density at radius 3 is 2.25 bits per heavy atom. The minimum absolute atomic E-state index is 0.263. The van der Waals surface area contributed by atoms with E-state index in [0.717, 1.165) is 63.3 Å². The fourth-order valence-corrected chi connectivity index (χ4v) is 3.80. The number of piperazine rings is 1. The van der Waals surface area contributed by atoms with Gasteiger partial charge in [-0.25, -0.2) is 4.98 Å². The molecule has 1 saturated carbocycles. The number of nitrogens with zero attached hydrogens (tertiary/aromatic N) is 5. The topological polar surface area (TPSA) is 62.2 Å². The molecule has 0 bridgehead atoms. The van der Waals surface area contributed by atoms with Crippen LogP contribution < -0.4 is 4.90 Å².